The van der Waals surface area contributed by atoms with Gasteiger partial charge in [0.15, 0.2) is 0 Å². The van der Waals surface area contributed by atoms with Crippen molar-refractivity contribution < 1.29 is 4.39 Å². The van der Waals surface area contributed by atoms with Crippen molar-refractivity contribution in [1.29, 1.82) is 0 Å². The van der Waals surface area contributed by atoms with Crippen LogP contribution in [0, 0.1) is 5.82 Å². The van der Waals surface area contributed by atoms with Gasteiger partial charge in [-0.2, -0.15) is 5.10 Å². The summed E-state index contributed by atoms with van der Waals surface area (Å²) in [6.45, 7) is 1.91. The predicted molar refractivity (Wildman–Crippen MR) is 67.9 cm³/mol. The topological polar surface area (TPSA) is 79.4 Å². The molecule has 2 heterocycles. The molecular weight excluding hydrogens is 247 g/mol. The largest absolute Gasteiger partial charge is 0.360 e. The summed E-state index contributed by atoms with van der Waals surface area (Å²) in [6.07, 6.45) is 2.88. The van der Waals surface area contributed by atoms with Crippen molar-refractivity contribution in [2.24, 2.45) is 0 Å². The Morgan fingerprint density at radius 1 is 1.21 bits per heavy atom. The summed E-state index contributed by atoms with van der Waals surface area (Å²) in [7, 11) is 0. The minimum absolute atomic E-state index is 0.121. The minimum Gasteiger partial charge on any atom is -0.360 e. The fourth-order valence-corrected chi connectivity index (χ4v) is 1.84. The zero-order chi connectivity index (χ0) is 13.2. The number of H-pyrrole nitrogens is 1. The van der Waals surface area contributed by atoms with Crippen molar-refractivity contribution >= 4 is 16.7 Å². The van der Waals surface area contributed by atoms with Crippen LogP contribution in [0.5, 0.6) is 0 Å². The molecule has 1 atom stereocenters. The second-order valence-corrected chi connectivity index (χ2v) is 4.12. The average Bonchev–Trinajstić information content (AvgIpc) is 2.93. The van der Waals surface area contributed by atoms with Gasteiger partial charge in [0.05, 0.1) is 11.6 Å². The van der Waals surface area contributed by atoms with Gasteiger partial charge >= 0.3 is 0 Å². The molecule has 0 spiro atoms. The number of aromatic nitrogens is 5. The van der Waals surface area contributed by atoms with Gasteiger partial charge in [-0.15, -0.1) is 0 Å². The molecule has 0 radical (unpaired) electrons. The van der Waals surface area contributed by atoms with Crippen LogP contribution < -0.4 is 5.32 Å². The van der Waals surface area contributed by atoms with Crippen molar-refractivity contribution in [1.82, 2.24) is 25.1 Å². The molecule has 0 amide bonds. The van der Waals surface area contributed by atoms with Crippen LogP contribution in [0.25, 0.3) is 10.9 Å². The maximum absolute atomic E-state index is 13.3. The molecular formula is C12H11FN6. The van der Waals surface area contributed by atoms with Crippen molar-refractivity contribution in [2.75, 3.05) is 5.32 Å². The molecule has 0 saturated carbocycles. The van der Waals surface area contributed by atoms with Crippen LogP contribution >= 0.6 is 0 Å². The van der Waals surface area contributed by atoms with E-state index < -0.39 is 0 Å². The second kappa shape index (κ2) is 4.60. The highest BCUT2D eigenvalue weighted by Crippen LogP contribution is 2.23. The Kier molecular flexibility index (Phi) is 2.79. The molecule has 7 heteroatoms. The number of halogens is 1. The van der Waals surface area contributed by atoms with Crippen molar-refractivity contribution in [3.8, 4) is 0 Å². The molecule has 3 aromatic rings. The molecule has 0 aliphatic heterocycles. The third kappa shape index (κ3) is 2.22. The van der Waals surface area contributed by atoms with E-state index in [4.69, 9.17) is 0 Å². The molecule has 96 valence electrons. The van der Waals surface area contributed by atoms with Crippen LogP contribution in [0.3, 0.4) is 0 Å². The Labute approximate surface area is 108 Å². The van der Waals surface area contributed by atoms with Gasteiger partial charge in [0, 0.05) is 5.39 Å². The molecule has 2 N–H and O–H groups in total. The lowest BCUT2D eigenvalue weighted by atomic mass is 10.2. The number of nitrogens with zero attached hydrogens (tertiary/aromatic N) is 4. The first-order valence-electron chi connectivity index (χ1n) is 5.76. The maximum atomic E-state index is 13.3. The first kappa shape index (κ1) is 11.5. The normalized spacial score (nSPS) is 12.5. The van der Waals surface area contributed by atoms with E-state index in [1.807, 2.05) is 6.92 Å². The van der Waals surface area contributed by atoms with Crippen LogP contribution in [0.4, 0.5) is 10.2 Å². The van der Waals surface area contributed by atoms with E-state index in [2.05, 4.69) is 30.5 Å². The quantitative estimate of drug-likeness (QED) is 0.751. The van der Waals surface area contributed by atoms with Crippen molar-refractivity contribution in [2.45, 2.75) is 13.0 Å². The molecule has 0 fully saturated rings. The summed E-state index contributed by atoms with van der Waals surface area (Å²) in [5.74, 6) is 0.925. The molecule has 1 unspecified atom stereocenters. The smallest absolute Gasteiger partial charge is 0.146 e. The number of hydrogen-bond donors (Lipinski definition) is 2. The monoisotopic (exact) mass is 258 g/mol. The van der Waals surface area contributed by atoms with Gasteiger partial charge < -0.3 is 5.32 Å². The van der Waals surface area contributed by atoms with Gasteiger partial charge in [-0.3, -0.25) is 5.10 Å². The molecule has 6 nitrogen and oxygen atoms in total. The van der Waals surface area contributed by atoms with E-state index in [0.29, 0.717) is 22.5 Å². The lowest BCUT2D eigenvalue weighted by Crippen LogP contribution is -2.10. The first-order valence-corrected chi connectivity index (χ1v) is 5.76. The SMILES string of the molecule is CC(Nc1ncnc2ccc(F)cc12)c1ncn[nH]1. The van der Waals surface area contributed by atoms with Gasteiger partial charge in [0.25, 0.3) is 0 Å². The van der Waals surface area contributed by atoms with Crippen LogP contribution in [0.1, 0.15) is 18.8 Å². The molecule has 3 rings (SSSR count). The Balaban J connectivity index is 1.98. The third-order valence-corrected chi connectivity index (χ3v) is 2.79. The van der Waals surface area contributed by atoms with E-state index in [9.17, 15) is 4.39 Å². The van der Waals surface area contributed by atoms with E-state index in [1.165, 1.54) is 24.8 Å². The lowest BCUT2D eigenvalue weighted by Gasteiger charge is -2.13. The van der Waals surface area contributed by atoms with Crippen LogP contribution in [-0.2, 0) is 0 Å². The molecule has 0 aliphatic carbocycles. The van der Waals surface area contributed by atoms with E-state index in [-0.39, 0.29) is 11.9 Å². The Hall–Kier alpha value is -2.57. The number of anilines is 1. The van der Waals surface area contributed by atoms with E-state index in [0.717, 1.165) is 0 Å². The number of benzene rings is 1. The summed E-state index contributed by atoms with van der Waals surface area (Å²) < 4.78 is 13.3. The predicted octanol–water partition coefficient (Wildman–Crippen LogP) is 2.06. The molecule has 0 aliphatic rings. The van der Waals surface area contributed by atoms with Gasteiger partial charge in [0.2, 0.25) is 0 Å². The average molecular weight is 258 g/mol. The summed E-state index contributed by atoms with van der Waals surface area (Å²) in [5.41, 5.74) is 0.684. The van der Waals surface area contributed by atoms with Crippen LogP contribution in [0.2, 0.25) is 0 Å². The van der Waals surface area contributed by atoms with Gasteiger partial charge in [-0.25, -0.2) is 19.3 Å². The highest BCUT2D eigenvalue weighted by molar-refractivity contribution is 5.88. The summed E-state index contributed by atoms with van der Waals surface area (Å²) in [5, 5.41) is 10.4. The zero-order valence-corrected chi connectivity index (χ0v) is 10.1. The summed E-state index contributed by atoms with van der Waals surface area (Å²) in [6, 6.07) is 4.28. The third-order valence-electron chi connectivity index (χ3n) is 2.79. The Morgan fingerprint density at radius 2 is 2.11 bits per heavy atom. The van der Waals surface area contributed by atoms with Gasteiger partial charge in [-0.05, 0) is 25.1 Å². The molecule has 0 saturated heterocycles. The van der Waals surface area contributed by atoms with Crippen LogP contribution in [-0.4, -0.2) is 25.1 Å². The fourth-order valence-electron chi connectivity index (χ4n) is 1.84. The summed E-state index contributed by atoms with van der Waals surface area (Å²) >= 11 is 0. The number of hydrogen-bond acceptors (Lipinski definition) is 5. The van der Waals surface area contributed by atoms with Gasteiger partial charge in [0.1, 0.15) is 30.1 Å². The molecule has 1 aromatic carbocycles. The number of aromatic amines is 1. The highest BCUT2D eigenvalue weighted by Gasteiger charge is 2.11. The van der Waals surface area contributed by atoms with E-state index >= 15 is 0 Å². The van der Waals surface area contributed by atoms with Crippen LogP contribution in [0.15, 0.2) is 30.9 Å². The Morgan fingerprint density at radius 3 is 2.89 bits per heavy atom. The Bertz CT molecular complexity index is 697. The first-order chi connectivity index (χ1) is 9.24. The number of nitrogens with one attached hydrogen (secondary N) is 2. The minimum atomic E-state index is -0.322. The highest BCUT2D eigenvalue weighted by atomic mass is 19.1. The number of rotatable bonds is 3. The van der Waals surface area contributed by atoms with Crippen molar-refractivity contribution in [3.63, 3.8) is 0 Å². The molecule has 2 aromatic heterocycles. The van der Waals surface area contributed by atoms with Crippen molar-refractivity contribution in [3.05, 3.63) is 42.5 Å². The number of fused-ring (bicyclic) bond motifs is 1. The fraction of sp³-hybridized carbons (Fsp3) is 0.167. The maximum Gasteiger partial charge on any atom is 0.146 e. The standard InChI is InChI=1S/C12H11FN6/c1-7(11-16-6-17-19-11)18-12-9-4-8(13)2-3-10(9)14-5-15-12/h2-7H,1H3,(H,14,15,18)(H,16,17,19). The molecule has 19 heavy (non-hydrogen) atoms. The molecule has 0 bridgehead atoms. The second-order valence-electron chi connectivity index (χ2n) is 4.12. The van der Waals surface area contributed by atoms with Gasteiger partial charge in [-0.1, -0.05) is 0 Å². The van der Waals surface area contributed by atoms with E-state index in [1.54, 1.807) is 6.07 Å². The summed E-state index contributed by atoms with van der Waals surface area (Å²) in [4.78, 5) is 12.3. The lowest BCUT2D eigenvalue weighted by molar-refractivity contribution is 0.629. The zero-order valence-electron chi connectivity index (χ0n) is 10.1.